The molecule has 1 aromatic carbocycles. The van der Waals surface area contributed by atoms with Gasteiger partial charge in [-0.1, -0.05) is 18.5 Å². The van der Waals surface area contributed by atoms with Gasteiger partial charge in [0.25, 0.3) is 0 Å². The van der Waals surface area contributed by atoms with Gasteiger partial charge in [0.2, 0.25) is 5.91 Å². The number of benzene rings is 1. The van der Waals surface area contributed by atoms with E-state index in [1.807, 2.05) is 6.92 Å². The highest BCUT2D eigenvalue weighted by Crippen LogP contribution is 2.37. The fourth-order valence-corrected chi connectivity index (χ4v) is 3.25. The van der Waals surface area contributed by atoms with Gasteiger partial charge in [-0.25, -0.2) is 0 Å². The first-order chi connectivity index (χ1) is 11.1. The number of alkyl halides is 3. The van der Waals surface area contributed by atoms with Crippen molar-refractivity contribution in [3.63, 3.8) is 0 Å². The van der Waals surface area contributed by atoms with E-state index in [9.17, 15) is 27.9 Å². The molecule has 0 heterocycles. The van der Waals surface area contributed by atoms with Crippen LogP contribution in [-0.4, -0.2) is 17.0 Å². The van der Waals surface area contributed by atoms with Crippen LogP contribution in [0.1, 0.15) is 31.7 Å². The fraction of sp³-hybridized carbons (Fsp3) is 0.500. The number of aliphatic carboxylic acids is 1. The number of nitrogens with one attached hydrogen (secondary N) is 1. The molecule has 2 N–H and O–H groups in total. The Morgan fingerprint density at radius 1 is 1.25 bits per heavy atom. The number of carboxylic acid groups (broad SMARTS) is 1. The van der Waals surface area contributed by atoms with Gasteiger partial charge in [-0.05, 0) is 43.4 Å². The van der Waals surface area contributed by atoms with Crippen molar-refractivity contribution in [2.75, 3.05) is 5.32 Å². The highest BCUT2D eigenvalue weighted by atomic mass is 35.5. The van der Waals surface area contributed by atoms with Gasteiger partial charge in [0.1, 0.15) is 0 Å². The molecule has 0 bridgehead atoms. The molecule has 1 aliphatic carbocycles. The molecule has 1 aromatic rings. The van der Waals surface area contributed by atoms with Gasteiger partial charge in [0.15, 0.2) is 0 Å². The summed E-state index contributed by atoms with van der Waals surface area (Å²) < 4.78 is 38.6. The van der Waals surface area contributed by atoms with Crippen LogP contribution >= 0.6 is 11.6 Å². The van der Waals surface area contributed by atoms with Crippen molar-refractivity contribution in [3.05, 3.63) is 28.8 Å². The second-order valence-electron chi connectivity index (χ2n) is 6.15. The number of hydrogen-bond donors (Lipinski definition) is 2. The lowest BCUT2D eigenvalue weighted by Gasteiger charge is -2.31. The average molecular weight is 364 g/mol. The molecular weight excluding hydrogens is 347 g/mol. The van der Waals surface area contributed by atoms with E-state index in [0.717, 1.165) is 12.1 Å². The van der Waals surface area contributed by atoms with Crippen LogP contribution in [0.5, 0.6) is 0 Å². The second-order valence-corrected chi connectivity index (χ2v) is 6.56. The highest BCUT2D eigenvalue weighted by Gasteiger charge is 2.38. The third-order valence-corrected chi connectivity index (χ3v) is 4.64. The van der Waals surface area contributed by atoms with Crippen LogP contribution < -0.4 is 5.32 Å². The van der Waals surface area contributed by atoms with Crippen LogP contribution in [0.4, 0.5) is 18.9 Å². The largest absolute Gasteiger partial charge is 0.481 e. The molecule has 0 aromatic heterocycles. The van der Waals surface area contributed by atoms with Crippen LogP contribution in [0.3, 0.4) is 0 Å². The minimum absolute atomic E-state index is 0.0564. The quantitative estimate of drug-likeness (QED) is 0.834. The monoisotopic (exact) mass is 363 g/mol. The molecular formula is C16H17ClF3NO3. The zero-order valence-electron chi connectivity index (χ0n) is 12.9. The molecule has 132 valence electrons. The number of carbonyl (C=O) groups is 2. The van der Waals surface area contributed by atoms with Gasteiger partial charge in [0.05, 0.1) is 22.4 Å². The number of hydrogen-bond acceptors (Lipinski definition) is 2. The minimum atomic E-state index is -4.64. The van der Waals surface area contributed by atoms with Gasteiger partial charge in [0, 0.05) is 5.69 Å². The van der Waals surface area contributed by atoms with Crippen molar-refractivity contribution in [2.45, 2.75) is 32.4 Å². The Kier molecular flexibility index (Phi) is 5.42. The maximum absolute atomic E-state index is 12.9. The summed E-state index contributed by atoms with van der Waals surface area (Å²) >= 11 is 5.54. The van der Waals surface area contributed by atoms with Gasteiger partial charge in [-0.3, -0.25) is 9.59 Å². The van der Waals surface area contributed by atoms with Gasteiger partial charge in [-0.15, -0.1) is 0 Å². The van der Waals surface area contributed by atoms with E-state index in [1.165, 1.54) is 6.07 Å². The Bertz CT molecular complexity index is 648. The van der Waals surface area contributed by atoms with Crippen LogP contribution in [0.15, 0.2) is 18.2 Å². The molecule has 1 amide bonds. The summed E-state index contributed by atoms with van der Waals surface area (Å²) in [6.45, 7) is 1.92. The van der Waals surface area contributed by atoms with E-state index in [-0.39, 0.29) is 11.6 Å². The van der Waals surface area contributed by atoms with E-state index >= 15 is 0 Å². The predicted molar refractivity (Wildman–Crippen MR) is 82.7 cm³/mol. The Balaban J connectivity index is 2.20. The number of carboxylic acids is 1. The van der Waals surface area contributed by atoms with Crippen LogP contribution in [0.25, 0.3) is 0 Å². The Labute approximate surface area is 142 Å². The van der Waals surface area contributed by atoms with E-state index in [0.29, 0.717) is 19.3 Å². The molecule has 1 saturated carbocycles. The topological polar surface area (TPSA) is 66.4 Å². The maximum atomic E-state index is 12.9. The second kappa shape index (κ2) is 7.01. The van der Waals surface area contributed by atoms with Crippen molar-refractivity contribution in [3.8, 4) is 0 Å². The third kappa shape index (κ3) is 4.20. The van der Waals surface area contributed by atoms with Gasteiger partial charge >= 0.3 is 12.1 Å². The first kappa shape index (κ1) is 18.6. The first-order valence-electron chi connectivity index (χ1n) is 7.50. The summed E-state index contributed by atoms with van der Waals surface area (Å²) in [6.07, 6.45) is -3.16. The van der Waals surface area contributed by atoms with Crippen molar-refractivity contribution < 1.29 is 27.9 Å². The smallest absolute Gasteiger partial charge is 0.417 e. The lowest BCUT2D eigenvalue weighted by atomic mass is 9.74. The zero-order valence-corrected chi connectivity index (χ0v) is 13.6. The number of rotatable bonds is 3. The van der Waals surface area contributed by atoms with E-state index in [1.54, 1.807) is 0 Å². The molecule has 3 unspecified atom stereocenters. The number of amides is 1. The summed E-state index contributed by atoms with van der Waals surface area (Å²) in [5, 5.41) is 11.2. The van der Waals surface area contributed by atoms with E-state index < -0.39 is 40.5 Å². The summed E-state index contributed by atoms with van der Waals surface area (Å²) in [4.78, 5) is 23.7. The van der Waals surface area contributed by atoms with Crippen LogP contribution in [0, 0.1) is 17.8 Å². The standard InChI is InChI=1S/C16H17ClF3NO3/c1-8-2-4-10(15(23)24)11(6-8)14(22)21-9-3-5-13(17)12(7-9)16(18,19)20/h3,5,7-8,10-11H,2,4,6H2,1H3,(H,21,22)(H,23,24). The molecule has 0 radical (unpaired) electrons. The molecule has 1 fully saturated rings. The molecule has 0 saturated heterocycles. The Hall–Kier alpha value is -1.76. The summed E-state index contributed by atoms with van der Waals surface area (Å²) in [7, 11) is 0. The van der Waals surface area contributed by atoms with Crippen LogP contribution in [-0.2, 0) is 15.8 Å². The van der Waals surface area contributed by atoms with E-state index in [4.69, 9.17) is 11.6 Å². The molecule has 8 heteroatoms. The number of halogens is 4. The first-order valence-corrected chi connectivity index (χ1v) is 7.87. The SMILES string of the molecule is CC1CCC(C(=O)O)C(C(=O)Nc2ccc(Cl)c(C(F)(F)F)c2)C1. The molecule has 24 heavy (non-hydrogen) atoms. The summed E-state index contributed by atoms with van der Waals surface area (Å²) in [5.41, 5.74) is -1.10. The normalized spacial score (nSPS) is 24.5. The lowest BCUT2D eigenvalue weighted by molar-refractivity contribution is -0.148. The molecule has 0 aliphatic heterocycles. The molecule has 3 atom stereocenters. The fourth-order valence-electron chi connectivity index (χ4n) is 3.02. The van der Waals surface area contributed by atoms with Gasteiger partial charge in [-0.2, -0.15) is 13.2 Å². The summed E-state index contributed by atoms with van der Waals surface area (Å²) in [5.74, 6) is -3.04. The Morgan fingerprint density at radius 2 is 1.92 bits per heavy atom. The summed E-state index contributed by atoms with van der Waals surface area (Å²) in [6, 6.07) is 3.07. The minimum Gasteiger partial charge on any atom is -0.481 e. The lowest BCUT2D eigenvalue weighted by Crippen LogP contribution is -2.38. The molecule has 0 spiro atoms. The van der Waals surface area contributed by atoms with Crippen molar-refractivity contribution in [1.82, 2.24) is 0 Å². The number of anilines is 1. The predicted octanol–water partition coefficient (Wildman–Crippen LogP) is 4.43. The molecule has 1 aliphatic rings. The third-order valence-electron chi connectivity index (χ3n) is 4.31. The Morgan fingerprint density at radius 3 is 2.50 bits per heavy atom. The maximum Gasteiger partial charge on any atom is 0.417 e. The van der Waals surface area contributed by atoms with Gasteiger partial charge < -0.3 is 10.4 Å². The molecule has 2 rings (SSSR count). The zero-order chi connectivity index (χ0) is 18.1. The van der Waals surface area contributed by atoms with Crippen molar-refractivity contribution >= 4 is 29.2 Å². The van der Waals surface area contributed by atoms with Crippen molar-refractivity contribution in [1.29, 1.82) is 0 Å². The average Bonchev–Trinajstić information content (AvgIpc) is 2.47. The van der Waals surface area contributed by atoms with E-state index in [2.05, 4.69) is 5.32 Å². The highest BCUT2D eigenvalue weighted by molar-refractivity contribution is 6.31. The van der Waals surface area contributed by atoms with Crippen molar-refractivity contribution in [2.24, 2.45) is 17.8 Å². The number of carbonyl (C=O) groups excluding carboxylic acids is 1. The van der Waals surface area contributed by atoms with Crippen LogP contribution in [0.2, 0.25) is 5.02 Å². The molecule has 4 nitrogen and oxygen atoms in total.